The van der Waals surface area contributed by atoms with Crippen LogP contribution >= 0.6 is 0 Å². The Morgan fingerprint density at radius 1 is 1.19 bits per heavy atom. The third-order valence-electron chi connectivity index (χ3n) is 5.17. The molecule has 4 nitrogen and oxygen atoms in total. The first-order chi connectivity index (χ1) is 10.2. The number of piperidine rings is 1. The van der Waals surface area contributed by atoms with Crippen LogP contribution in [0, 0.1) is 5.92 Å². The highest BCUT2D eigenvalue weighted by molar-refractivity contribution is 5.78. The average molecular weight is 296 g/mol. The second-order valence-electron chi connectivity index (χ2n) is 6.92. The molecule has 0 bridgehead atoms. The van der Waals surface area contributed by atoms with Crippen molar-refractivity contribution in [1.82, 2.24) is 10.2 Å². The fourth-order valence-electron chi connectivity index (χ4n) is 3.89. The van der Waals surface area contributed by atoms with E-state index in [9.17, 15) is 9.90 Å². The quantitative estimate of drug-likeness (QED) is 0.791. The van der Waals surface area contributed by atoms with Crippen molar-refractivity contribution in [3.63, 3.8) is 0 Å². The van der Waals surface area contributed by atoms with Crippen molar-refractivity contribution in [3.8, 4) is 0 Å². The predicted octanol–water partition coefficient (Wildman–Crippen LogP) is 2.31. The van der Waals surface area contributed by atoms with Crippen LogP contribution in [0.5, 0.6) is 0 Å². The van der Waals surface area contributed by atoms with E-state index in [1.807, 2.05) is 6.92 Å². The van der Waals surface area contributed by atoms with E-state index in [1.165, 1.54) is 32.1 Å². The Kier molecular flexibility index (Phi) is 6.97. The zero-order valence-electron chi connectivity index (χ0n) is 13.5. The topological polar surface area (TPSA) is 52.6 Å². The monoisotopic (exact) mass is 296 g/mol. The molecule has 2 rings (SSSR count). The molecular formula is C17H32N2O2. The summed E-state index contributed by atoms with van der Waals surface area (Å²) < 4.78 is 0. The van der Waals surface area contributed by atoms with E-state index in [0.717, 1.165) is 44.7 Å². The van der Waals surface area contributed by atoms with Gasteiger partial charge in [-0.1, -0.05) is 38.5 Å². The lowest BCUT2D eigenvalue weighted by Gasteiger charge is -2.36. The number of aliphatic hydroxyl groups excluding tert-OH is 1. The summed E-state index contributed by atoms with van der Waals surface area (Å²) in [5, 5.41) is 12.9. The summed E-state index contributed by atoms with van der Waals surface area (Å²) in [6.45, 7) is 4.03. The van der Waals surface area contributed by atoms with Crippen LogP contribution in [0.4, 0.5) is 0 Å². The number of hydrogen-bond donors (Lipinski definition) is 2. The SMILES string of the molecule is CC(O)C1CCCCN1CC(=O)NCCC1CCCCC1. The normalized spacial score (nSPS) is 26.5. The second kappa shape index (κ2) is 8.74. The molecule has 2 atom stereocenters. The van der Waals surface area contributed by atoms with Gasteiger partial charge in [0.05, 0.1) is 12.6 Å². The molecule has 4 heteroatoms. The molecule has 1 saturated heterocycles. The van der Waals surface area contributed by atoms with Gasteiger partial charge < -0.3 is 10.4 Å². The number of likely N-dealkylation sites (tertiary alicyclic amines) is 1. The minimum absolute atomic E-state index is 0.123. The highest BCUT2D eigenvalue weighted by atomic mass is 16.3. The Labute approximate surface area is 129 Å². The molecule has 1 amide bonds. The van der Waals surface area contributed by atoms with Gasteiger partial charge in [0.25, 0.3) is 0 Å². The smallest absolute Gasteiger partial charge is 0.234 e. The molecule has 0 aromatic rings. The van der Waals surface area contributed by atoms with Crippen LogP contribution in [-0.4, -0.2) is 47.7 Å². The summed E-state index contributed by atoms with van der Waals surface area (Å²) in [5.41, 5.74) is 0. The minimum atomic E-state index is -0.347. The van der Waals surface area contributed by atoms with E-state index in [1.54, 1.807) is 0 Å². The van der Waals surface area contributed by atoms with Crippen LogP contribution in [0.15, 0.2) is 0 Å². The first-order valence-corrected chi connectivity index (χ1v) is 8.85. The summed E-state index contributed by atoms with van der Waals surface area (Å²) in [5.74, 6) is 0.942. The highest BCUT2D eigenvalue weighted by Crippen LogP contribution is 2.25. The van der Waals surface area contributed by atoms with Gasteiger partial charge in [0.15, 0.2) is 0 Å². The van der Waals surface area contributed by atoms with Crippen LogP contribution in [0.3, 0.4) is 0 Å². The first kappa shape index (κ1) is 16.8. The Bertz CT molecular complexity index is 314. The van der Waals surface area contributed by atoms with Crippen LogP contribution in [0.2, 0.25) is 0 Å². The number of hydrogen-bond acceptors (Lipinski definition) is 3. The predicted molar refractivity (Wildman–Crippen MR) is 85.1 cm³/mol. The van der Waals surface area contributed by atoms with Gasteiger partial charge in [0.2, 0.25) is 5.91 Å². The fourth-order valence-corrected chi connectivity index (χ4v) is 3.89. The van der Waals surface area contributed by atoms with Crippen molar-refractivity contribution in [2.75, 3.05) is 19.6 Å². The zero-order valence-corrected chi connectivity index (χ0v) is 13.5. The second-order valence-corrected chi connectivity index (χ2v) is 6.92. The van der Waals surface area contributed by atoms with Crippen LogP contribution in [-0.2, 0) is 4.79 Å². The van der Waals surface area contributed by atoms with Gasteiger partial charge in [-0.3, -0.25) is 9.69 Å². The number of nitrogens with one attached hydrogen (secondary N) is 1. The van der Waals surface area contributed by atoms with Gasteiger partial charge in [0.1, 0.15) is 0 Å². The largest absolute Gasteiger partial charge is 0.392 e. The Morgan fingerprint density at radius 3 is 2.62 bits per heavy atom. The number of aliphatic hydroxyl groups is 1. The van der Waals surface area contributed by atoms with E-state index in [4.69, 9.17) is 0 Å². The average Bonchev–Trinajstić information content (AvgIpc) is 2.48. The molecule has 21 heavy (non-hydrogen) atoms. The van der Waals surface area contributed by atoms with E-state index in [-0.39, 0.29) is 18.1 Å². The molecule has 2 unspecified atom stereocenters. The molecule has 1 aliphatic carbocycles. The van der Waals surface area contributed by atoms with Crippen molar-refractivity contribution in [3.05, 3.63) is 0 Å². The highest BCUT2D eigenvalue weighted by Gasteiger charge is 2.27. The molecule has 1 saturated carbocycles. The fraction of sp³-hybridized carbons (Fsp3) is 0.941. The zero-order chi connectivity index (χ0) is 15.1. The van der Waals surface area contributed by atoms with Crippen molar-refractivity contribution >= 4 is 5.91 Å². The molecule has 122 valence electrons. The number of nitrogens with zero attached hydrogens (tertiary/aromatic N) is 1. The van der Waals surface area contributed by atoms with Gasteiger partial charge >= 0.3 is 0 Å². The van der Waals surface area contributed by atoms with E-state index >= 15 is 0 Å². The lowest BCUT2D eigenvalue weighted by molar-refractivity contribution is -0.123. The third kappa shape index (κ3) is 5.59. The van der Waals surface area contributed by atoms with E-state index < -0.39 is 0 Å². The van der Waals surface area contributed by atoms with Crippen LogP contribution < -0.4 is 5.32 Å². The molecule has 0 aromatic carbocycles. The van der Waals surface area contributed by atoms with Gasteiger partial charge in [-0.25, -0.2) is 0 Å². The number of carbonyl (C=O) groups excluding carboxylic acids is 1. The molecule has 0 radical (unpaired) electrons. The van der Waals surface area contributed by atoms with Gasteiger partial charge in [0, 0.05) is 12.6 Å². The maximum absolute atomic E-state index is 12.1. The van der Waals surface area contributed by atoms with Gasteiger partial charge in [-0.15, -0.1) is 0 Å². The summed E-state index contributed by atoms with van der Waals surface area (Å²) in [4.78, 5) is 14.2. The standard InChI is InChI=1S/C17H32N2O2/c1-14(20)16-9-5-6-12-19(16)13-17(21)18-11-10-15-7-3-2-4-8-15/h14-16,20H,2-13H2,1H3,(H,18,21). The molecule has 2 fully saturated rings. The maximum atomic E-state index is 12.1. The summed E-state index contributed by atoms with van der Waals surface area (Å²) in [7, 11) is 0. The summed E-state index contributed by atoms with van der Waals surface area (Å²) in [6.07, 6.45) is 10.9. The minimum Gasteiger partial charge on any atom is -0.392 e. The van der Waals surface area contributed by atoms with Crippen molar-refractivity contribution in [2.45, 2.75) is 76.9 Å². The molecule has 2 N–H and O–H groups in total. The Balaban J connectivity index is 1.65. The Morgan fingerprint density at radius 2 is 1.90 bits per heavy atom. The van der Waals surface area contributed by atoms with Crippen molar-refractivity contribution in [2.24, 2.45) is 5.92 Å². The molecular weight excluding hydrogens is 264 g/mol. The summed E-state index contributed by atoms with van der Waals surface area (Å²) in [6, 6.07) is 0.155. The maximum Gasteiger partial charge on any atom is 0.234 e. The lowest BCUT2D eigenvalue weighted by atomic mass is 9.87. The molecule has 1 heterocycles. The van der Waals surface area contributed by atoms with E-state index in [0.29, 0.717) is 6.54 Å². The summed E-state index contributed by atoms with van der Waals surface area (Å²) >= 11 is 0. The van der Waals surface area contributed by atoms with Crippen LogP contribution in [0.25, 0.3) is 0 Å². The van der Waals surface area contributed by atoms with Gasteiger partial charge in [-0.2, -0.15) is 0 Å². The lowest BCUT2D eigenvalue weighted by Crippen LogP contribution is -2.49. The molecule has 2 aliphatic rings. The van der Waals surface area contributed by atoms with Crippen molar-refractivity contribution in [1.29, 1.82) is 0 Å². The first-order valence-electron chi connectivity index (χ1n) is 8.85. The van der Waals surface area contributed by atoms with Crippen molar-refractivity contribution < 1.29 is 9.90 Å². The van der Waals surface area contributed by atoms with Gasteiger partial charge in [-0.05, 0) is 38.6 Å². The molecule has 0 aromatic heterocycles. The number of rotatable bonds is 6. The Hall–Kier alpha value is -0.610. The molecule has 1 aliphatic heterocycles. The van der Waals surface area contributed by atoms with Crippen LogP contribution in [0.1, 0.15) is 64.7 Å². The number of carbonyl (C=O) groups is 1. The van der Waals surface area contributed by atoms with E-state index in [2.05, 4.69) is 10.2 Å². The number of amides is 1. The third-order valence-corrected chi connectivity index (χ3v) is 5.17. The molecule has 0 spiro atoms.